The highest BCUT2D eigenvalue weighted by Gasteiger charge is 2.72. The predicted molar refractivity (Wildman–Crippen MR) is 140 cm³/mol. The molecule has 4 fully saturated rings. The summed E-state index contributed by atoms with van der Waals surface area (Å²) < 4.78 is 45.2. The lowest BCUT2D eigenvalue weighted by Crippen LogP contribution is -2.63. The summed E-state index contributed by atoms with van der Waals surface area (Å²) in [5.74, 6) is -2.50. The number of hydrogen-bond acceptors (Lipinski definition) is 7. The lowest BCUT2D eigenvalue weighted by atomic mass is 9.67. The number of alkyl halides is 2. The molecule has 1 aliphatic carbocycles. The van der Waals surface area contributed by atoms with E-state index in [1.54, 1.807) is 25.4 Å². The molecule has 1 amide bonds. The Bertz CT molecular complexity index is 1100. The van der Waals surface area contributed by atoms with Crippen LogP contribution >= 0.6 is 0 Å². The van der Waals surface area contributed by atoms with Crippen molar-refractivity contribution in [3.63, 3.8) is 0 Å². The number of carbonyl (C=O) groups is 1. The van der Waals surface area contributed by atoms with E-state index in [-0.39, 0.29) is 36.6 Å². The Morgan fingerprint density at radius 2 is 2.03 bits per heavy atom. The maximum Gasteiger partial charge on any atom is 0.282 e. The molecule has 39 heavy (non-hydrogen) atoms. The third-order valence-corrected chi connectivity index (χ3v) is 9.04. The number of epoxide rings is 2. The van der Waals surface area contributed by atoms with Crippen LogP contribution in [0.15, 0.2) is 30.0 Å². The van der Waals surface area contributed by atoms with Crippen LogP contribution in [0.3, 0.4) is 0 Å². The third-order valence-electron chi connectivity index (χ3n) is 9.04. The van der Waals surface area contributed by atoms with Crippen LogP contribution < -0.4 is 10.0 Å². The standard InChI is InChI=1S/C29H41F2N3O5/c1-17(2)7-9-21-27(5,39-21)25-24(37-6)20(11-12-28(25)16-38-28)34(26(35)36)23(18(3)4)19-8-10-22(32-13-19)33-14-29(30,31)15-33/h7-8,10,13,18,20-21,23-25H,9,11-12,14-16H2,1-6H3,(H,35,36)/p-1/t20-,21-,23+,24-,25-,27+,28+/m1/s1. The smallest absolute Gasteiger partial charge is 0.282 e. The molecule has 8 nitrogen and oxygen atoms in total. The predicted octanol–water partition coefficient (Wildman–Crippen LogP) is 3.96. The first-order valence-electron chi connectivity index (χ1n) is 13.9. The molecule has 1 saturated carbocycles. The van der Waals surface area contributed by atoms with Gasteiger partial charge in [-0.3, -0.25) is 0 Å². The molecule has 7 atom stereocenters. The molecule has 4 aliphatic rings. The van der Waals surface area contributed by atoms with Crippen molar-refractivity contribution < 1.29 is 32.9 Å². The van der Waals surface area contributed by atoms with E-state index in [0.717, 1.165) is 6.42 Å². The van der Waals surface area contributed by atoms with Crippen LogP contribution in [0.1, 0.15) is 65.5 Å². The fraction of sp³-hybridized carbons (Fsp3) is 0.724. The molecule has 0 radical (unpaired) electrons. The van der Waals surface area contributed by atoms with Crippen molar-refractivity contribution in [3.8, 4) is 0 Å². The Kier molecular flexibility index (Phi) is 7.21. The Hall–Kier alpha value is -2.30. The molecule has 1 aromatic rings. The van der Waals surface area contributed by atoms with Crippen LogP contribution in [0.5, 0.6) is 0 Å². The Balaban J connectivity index is 1.43. The summed E-state index contributed by atoms with van der Waals surface area (Å²) in [4.78, 5) is 20.2. The molecule has 3 saturated heterocycles. The van der Waals surface area contributed by atoms with E-state index in [0.29, 0.717) is 30.8 Å². The molecule has 5 rings (SSSR count). The summed E-state index contributed by atoms with van der Waals surface area (Å²) in [6, 6.07) is 2.44. The number of halogens is 2. The van der Waals surface area contributed by atoms with Crippen molar-refractivity contribution in [2.45, 2.75) is 95.3 Å². The van der Waals surface area contributed by atoms with E-state index in [1.807, 2.05) is 13.8 Å². The highest BCUT2D eigenvalue weighted by molar-refractivity contribution is 5.64. The summed E-state index contributed by atoms with van der Waals surface area (Å²) in [7, 11) is 1.62. The summed E-state index contributed by atoms with van der Waals surface area (Å²) in [6.45, 7) is 10.0. The number of pyridine rings is 1. The minimum absolute atomic E-state index is 0.0119. The van der Waals surface area contributed by atoms with Gasteiger partial charge in [0.15, 0.2) is 0 Å². The van der Waals surface area contributed by atoms with Crippen LogP contribution in [-0.4, -0.2) is 78.2 Å². The number of amides is 1. The van der Waals surface area contributed by atoms with Crippen molar-refractivity contribution in [1.29, 1.82) is 0 Å². The first kappa shape index (κ1) is 28.2. The topological polar surface area (TPSA) is 93.8 Å². The molecular formula is C29H40F2N3O5-. The molecule has 0 bridgehead atoms. The first-order chi connectivity index (χ1) is 18.3. The zero-order chi connectivity index (χ0) is 28.3. The van der Waals surface area contributed by atoms with Gasteiger partial charge in [0.1, 0.15) is 17.5 Å². The molecule has 1 aromatic heterocycles. The van der Waals surface area contributed by atoms with Crippen LogP contribution in [0.2, 0.25) is 0 Å². The van der Waals surface area contributed by atoms with Gasteiger partial charge in [-0.15, -0.1) is 0 Å². The highest BCUT2D eigenvalue weighted by Crippen LogP contribution is 2.60. The van der Waals surface area contributed by atoms with E-state index in [2.05, 4.69) is 31.8 Å². The van der Waals surface area contributed by atoms with Gasteiger partial charge in [0, 0.05) is 19.2 Å². The van der Waals surface area contributed by atoms with Gasteiger partial charge >= 0.3 is 0 Å². The summed E-state index contributed by atoms with van der Waals surface area (Å²) in [6.07, 6.45) is 4.09. The van der Waals surface area contributed by atoms with Gasteiger partial charge in [-0.2, -0.15) is 0 Å². The van der Waals surface area contributed by atoms with E-state index in [1.165, 1.54) is 15.4 Å². The molecular weight excluding hydrogens is 508 g/mol. The Morgan fingerprint density at radius 3 is 2.51 bits per heavy atom. The van der Waals surface area contributed by atoms with E-state index in [9.17, 15) is 18.7 Å². The molecule has 10 heteroatoms. The Labute approximate surface area is 229 Å². The molecule has 0 unspecified atom stereocenters. The first-order valence-corrected chi connectivity index (χ1v) is 13.9. The number of carbonyl (C=O) groups excluding carboxylic acids is 1. The number of rotatable bonds is 9. The summed E-state index contributed by atoms with van der Waals surface area (Å²) in [5, 5.41) is 12.8. The van der Waals surface area contributed by atoms with Gasteiger partial charge in [-0.05, 0) is 57.6 Å². The molecule has 3 aliphatic heterocycles. The van der Waals surface area contributed by atoms with Gasteiger partial charge in [0.25, 0.3) is 5.92 Å². The monoisotopic (exact) mass is 548 g/mol. The normalized spacial score (nSPS) is 35.4. The van der Waals surface area contributed by atoms with Gasteiger partial charge in [0.2, 0.25) is 0 Å². The number of nitrogens with zero attached hydrogens (tertiary/aromatic N) is 3. The number of carboxylic acid groups (broad SMARTS) is 1. The maximum absolute atomic E-state index is 13.4. The zero-order valence-electron chi connectivity index (χ0n) is 23.7. The number of anilines is 1. The minimum Gasteiger partial charge on any atom is -0.530 e. The number of aromatic nitrogens is 1. The fourth-order valence-electron chi connectivity index (χ4n) is 7.02. The lowest BCUT2D eigenvalue weighted by Gasteiger charge is -2.51. The lowest BCUT2D eigenvalue weighted by molar-refractivity contribution is -0.277. The van der Waals surface area contributed by atoms with E-state index in [4.69, 9.17) is 14.2 Å². The van der Waals surface area contributed by atoms with Gasteiger partial charge < -0.3 is 33.9 Å². The van der Waals surface area contributed by atoms with Gasteiger partial charge in [-0.1, -0.05) is 31.6 Å². The zero-order valence-corrected chi connectivity index (χ0v) is 23.7. The molecule has 4 heterocycles. The number of hydrogen-bond donors (Lipinski definition) is 0. The number of allylic oxidation sites excluding steroid dienone is 1. The number of ether oxygens (including phenoxy) is 3. The molecule has 0 aromatic carbocycles. The number of methoxy groups -OCH3 is 1. The van der Waals surface area contributed by atoms with Crippen molar-refractivity contribution >= 4 is 11.9 Å². The minimum atomic E-state index is -2.70. The largest absolute Gasteiger partial charge is 0.530 e. The van der Waals surface area contributed by atoms with E-state index < -0.39 is 35.8 Å². The van der Waals surface area contributed by atoms with Crippen LogP contribution in [0, 0.1) is 11.8 Å². The third kappa shape index (κ3) is 5.15. The molecule has 0 N–H and O–H groups in total. The van der Waals surface area contributed by atoms with E-state index >= 15 is 0 Å². The SMILES string of the molecule is CO[C@@H]1[C@H](N(C(=O)[O-])[C@H](c2ccc(N3CC(F)(F)C3)nc2)C(C)C)CC[C@]2(CO2)[C@H]1[C@@]1(C)O[C@@H]1CC=C(C)C. The van der Waals surface area contributed by atoms with Crippen molar-refractivity contribution in [2.75, 3.05) is 31.7 Å². The molecule has 216 valence electrons. The van der Waals surface area contributed by atoms with Crippen LogP contribution in [0.4, 0.5) is 19.4 Å². The summed E-state index contributed by atoms with van der Waals surface area (Å²) in [5.41, 5.74) is 1.05. The van der Waals surface area contributed by atoms with Crippen molar-refractivity contribution in [3.05, 3.63) is 35.5 Å². The van der Waals surface area contributed by atoms with Crippen LogP contribution in [-0.2, 0) is 14.2 Å². The average Bonchev–Trinajstić information content (AvgIpc) is 3.76. The highest BCUT2D eigenvalue weighted by atomic mass is 19.3. The van der Waals surface area contributed by atoms with Crippen LogP contribution in [0.25, 0.3) is 0 Å². The molecule has 1 spiro atoms. The quantitative estimate of drug-likeness (QED) is 0.341. The Morgan fingerprint density at radius 1 is 1.33 bits per heavy atom. The summed E-state index contributed by atoms with van der Waals surface area (Å²) >= 11 is 0. The van der Waals surface area contributed by atoms with Gasteiger partial charge in [-0.25, -0.2) is 13.8 Å². The second kappa shape index (κ2) is 9.96. The van der Waals surface area contributed by atoms with Crippen molar-refractivity contribution in [2.24, 2.45) is 11.8 Å². The second-order valence-corrected chi connectivity index (χ2v) is 12.5. The fourth-order valence-corrected chi connectivity index (χ4v) is 7.02. The van der Waals surface area contributed by atoms with Crippen molar-refractivity contribution in [1.82, 2.24) is 9.88 Å². The average molecular weight is 549 g/mol. The van der Waals surface area contributed by atoms with Gasteiger partial charge in [0.05, 0.1) is 49.6 Å². The second-order valence-electron chi connectivity index (χ2n) is 12.5. The maximum atomic E-state index is 13.4.